The SMILES string of the molecule is CC1(C)CCC23CCC4(C)C(CCC5C6(C)CCC(OC(=O)CCC(=O)O)C(C)(C)C6CCC54C)C2C1OC3. The number of carbonyl (C=O) groups excluding carboxylic acids is 1. The monoisotopic (exact) mass is 542 g/mol. The van der Waals surface area contributed by atoms with E-state index in [-0.39, 0.29) is 41.2 Å². The standard InChI is InChI=1S/C34H54O5/c1-29(2)16-18-34-19-17-32(6)21(27(34)28(29)38-20-34)8-9-23-31(5)14-13-24(39-26(37)11-10-25(35)36)30(3,4)22(31)12-15-33(23,32)7/h21-24,27-28H,8-20H2,1-7H3,(H,35,36). The van der Waals surface area contributed by atoms with Crippen LogP contribution in [0.3, 0.4) is 0 Å². The summed E-state index contributed by atoms with van der Waals surface area (Å²) in [6.07, 6.45) is 12.6. The summed E-state index contributed by atoms with van der Waals surface area (Å²) in [4.78, 5) is 23.5. The highest BCUT2D eigenvalue weighted by Gasteiger charge is 2.72. The Labute approximate surface area is 236 Å². The number of carboxylic acids is 1. The average molecular weight is 543 g/mol. The van der Waals surface area contributed by atoms with Gasteiger partial charge in [-0.3, -0.25) is 9.59 Å². The summed E-state index contributed by atoms with van der Waals surface area (Å²) < 4.78 is 12.7. The van der Waals surface area contributed by atoms with Crippen molar-refractivity contribution in [3.63, 3.8) is 0 Å². The molecule has 1 N–H and O–H groups in total. The van der Waals surface area contributed by atoms with Crippen LogP contribution in [0.25, 0.3) is 0 Å². The van der Waals surface area contributed by atoms with Crippen molar-refractivity contribution < 1.29 is 24.2 Å². The summed E-state index contributed by atoms with van der Waals surface area (Å²) >= 11 is 0. The van der Waals surface area contributed by atoms with Crippen LogP contribution in [0, 0.1) is 56.2 Å². The maximum Gasteiger partial charge on any atom is 0.306 e. The Kier molecular flexibility index (Phi) is 6.26. The summed E-state index contributed by atoms with van der Waals surface area (Å²) in [7, 11) is 0. The Morgan fingerprint density at radius 3 is 2.23 bits per heavy atom. The molecule has 5 nitrogen and oxygen atoms in total. The third-order valence-corrected chi connectivity index (χ3v) is 14.9. The molecular weight excluding hydrogens is 488 g/mol. The van der Waals surface area contributed by atoms with Gasteiger partial charge in [0.25, 0.3) is 0 Å². The van der Waals surface area contributed by atoms with Crippen LogP contribution in [0.1, 0.15) is 126 Å². The number of fused-ring (bicyclic) bond motifs is 5. The highest BCUT2D eigenvalue weighted by Crippen LogP contribution is 2.78. The fraction of sp³-hybridized carbons (Fsp3) is 0.941. The van der Waals surface area contributed by atoms with Crippen molar-refractivity contribution in [1.29, 1.82) is 0 Å². The van der Waals surface area contributed by atoms with Gasteiger partial charge in [-0.1, -0.05) is 48.5 Å². The predicted molar refractivity (Wildman–Crippen MR) is 151 cm³/mol. The summed E-state index contributed by atoms with van der Waals surface area (Å²) in [6, 6.07) is 0. The van der Waals surface area contributed by atoms with Gasteiger partial charge in [-0.25, -0.2) is 0 Å². The number of hydrogen-bond acceptors (Lipinski definition) is 4. The molecule has 0 aromatic rings. The first-order valence-electron chi connectivity index (χ1n) is 16.1. The molecule has 0 radical (unpaired) electrons. The molecule has 0 amide bonds. The van der Waals surface area contributed by atoms with E-state index in [0.717, 1.165) is 31.3 Å². The molecule has 0 aromatic heterocycles. The van der Waals surface area contributed by atoms with Gasteiger partial charge in [-0.15, -0.1) is 0 Å². The highest BCUT2D eigenvalue weighted by atomic mass is 16.5. The van der Waals surface area contributed by atoms with E-state index in [9.17, 15) is 9.59 Å². The predicted octanol–water partition coefficient (Wildman–Crippen LogP) is 7.65. The van der Waals surface area contributed by atoms with Crippen LogP contribution in [0.15, 0.2) is 0 Å². The van der Waals surface area contributed by atoms with Gasteiger partial charge in [-0.2, -0.15) is 0 Å². The fourth-order valence-electron chi connectivity index (χ4n) is 12.6. The molecule has 6 rings (SSSR count). The molecule has 5 aliphatic carbocycles. The van der Waals surface area contributed by atoms with Gasteiger partial charge < -0.3 is 14.6 Å². The first-order chi connectivity index (χ1) is 18.1. The Balaban J connectivity index is 1.27. The molecule has 10 atom stereocenters. The number of carboxylic acid groups (broad SMARTS) is 1. The summed E-state index contributed by atoms with van der Waals surface area (Å²) in [6.45, 7) is 18.6. The first-order valence-corrected chi connectivity index (χ1v) is 16.1. The molecule has 1 heterocycles. The number of hydrogen-bond donors (Lipinski definition) is 1. The third kappa shape index (κ3) is 3.72. The molecule has 5 heteroatoms. The molecule has 0 spiro atoms. The van der Waals surface area contributed by atoms with Gasteiger partial charge in [0.2, 0.25) is 0 Å². The van der Waals surface area contributed by atoms with E-state index in [4.69, 9.17) is 14.6 Å². The van der Waals surface area contributed by atoms with Crippen LogP contribution >= 0.6 is 0 Å². The van der Waals surface area contributed by atoms with Gasteiger partial charge in [0, 0.05) is 5.41 Å². The maximum atomic E-state index is 12.5. The number of aliphatic carboxylic acids is 1. The normalized spacial score (nSPS) is 51.1. The van der Waals surface area contributed by atoms with E-state index in [0.29, 0.717) is 34.2 Å². The Morgan fingerprint density at radius 1 is 0.795 bits per heavy atom. The lowest BCUT2D eigenvalue weighted by molar-refractivity contribution is -0.254. The number of carbonyl (C=O) groups is 2. The molecule has 1 saturated heterocycles. The van der Waals surface area contributed by atoms with Crippen molar-refractivity contribution in [2.75, 3.05) is 6.61 Å². The molecule has 5 saturated carbocycles. The Morgan fingerprint density at radius 2 is 1.51 bits per heavy atom. The fourth-order valence-corrected chi connectivity index (χ4v) is 12.6. The van der Waals surface area contributed by atoms with Crippen molar-refractivity contribution in [1.82, 2.24) is 0 Å². The largest absolute Gasteiger partial charge is 0.481 e. The van der Waals surface area contributed by atoms with E-state index >= 15 is 0 Å². The molecular formula is C34H54O5. The lowest BCUT2D eigenvalue weighted by Crippen LogP contribution is -2.67. The molecule has 220 valence electrons. The second-order valence-corrected chi connectivity index (χ2v) is 17.0. The van der Waals surface area contributed by atoms with Crippen molar-refractivity contribution in [2.24, 2.45) is 56.2 Å². The van der Waals surface area contributed by atoms with E-state index in [1.54, 1.807) is 0 Å². The topological polar surface area (TPSA) is 72.8 Å². The molecule has 10 unspecified atom stereocenters. The van der Waals surface area contributed by atoms with Gasteiger partial charge in [-0.05, 0) is 115 Å². The van der Waals surface area contributed by atoms with Crippen molar-refractivity contribution in [3.8, 4) is 0 Å². The first kappa shape index (κ1) is 28.0. The zero-order chi connectivity index (χ0) is 28.2. The van der Waals surface area contributed by atoms with E-state index in [1.165, 1.54) is 51.4 Å². The lowest BCUT2D eigenvalue weighted by Gasteiger charge is -2.73. The van der Waals surface area contributed by atoms with Gasteiger partial charge in [0.1, 0.15) is 6.10 Å². The van der Waals surface area contributed by atoms with Gasteiger partial charge >= 0.3 is 11.9 Å². The van der Waals surface area contributed by atoms with Crippen LogP contribution in [0.5, 0.6) is 0 Å². The summed E-state index contributed by atoms with van der Waals surface area (Å²) in [5.41, 5.74) is 1.52. The Bertz CT molecular complexity index is 1030. The minimum atomic E-state index is -0.942. The summed E-state index contributed by atoms with van der Waals surface area (Å²) in [5.74, 6) is 1.40. The zero-order valence-corrected chi connectivity index (χ0v) is 25.7. The molecule has 0 aromatic carbocycles. The molecule has 39 heavy (non-hydrogen) atoms. The van der Waals surface area contributed by atoms with Crippen LogP contribution in [-0.2, 0) is 19.1 Å². The lowest BCUT2D eigenvalue weighted by atomic mass is 9.31. The smallest absolute Gasteiger partial charge is 0.306 e. The Hall–Kier alpha value is -1.10. The van der Waals surface area contributed by atoms with Crippen molar-refractivity contribution >= 4 is 11.9 Å². The van der Waals surface area contributed by atoms with Crippen LogP contribution in [0.2, 0.25) is 0 Å². The van der Waals surface area contributed by atoms with Gasteiger partial charge in [0.15, 0.2) is 0 Å². The zero-order valence-electron chi connectivity index (χ0n) is 25.7. The highest BCUT2D eigenvalue weighted by molar-refractivity contribution is 5.76. The van der Waals surface area contributed by atoms with Crippen LogP contribution in [0.4, 0.5) is 0 Å². The second kappa shape index (κ2) is 8.71. The second-order valence-electron chi connectivity index (χ2n) is 17.0. The molecule has 6 fully saturated rings. The number of rotatable bonds is 4. The number of esters is 1. The maximum absolute atomic E-state index is 12.5. The minimum Gasteiger partial charge on any atom is -0.481 e. The third-order valence-electron chi connectivity index (χ3n) is 14.9. The quantitative estimate of drug-likeness (QED) is 0.369. The molecule has 1 aliphatic heterocycles. The minimum absolute atomic E-state index is 0.0333. The van der Waals surface area contributed by atoms with Gasteiger partial charge in [0.05, 0.1) is 25.6 Å². The number of ether oxygens (including phenoxy) is 2. The molecule has 6 aliphatic rings. The molecule has 2 bridgehead atoms. The van der Waals surface area contributed by atoms with Crippen LogP contribution in [-0.4, -0.2) is 35.9 Å². The van der Waals surface area contributed by atoms with Crippen molar-refractivity contribution in [3.05, 3.63) is 0 Å². The van der Waals surface area contributed by atoms with E-state index in [1.807, 2.05) is 0 Å². The van der Waals surface area contributed by atoms with E-state index in [2.05, 4.69) is 48.5 Å². The summed E-state index contributed by atoms with van der Waals surface area (Å²) in [5, 5.41) is 9.00. The van der Waals surface area contributed by atoms with Crippen LogP contribution < -0.4 is 0 Å². The van der Waals surface area contributed by atoms with Crippen molar-refractivity contribution in [2.45, 2.75) is 138 Å². The van der Waals surface area contributed by atoms with E-state index < -0.39 is 5.97 Å². The average Bonchev–Trinajstić information content (AvgIpc) is 3.19.